The lowest BCUT2D eigenvalue weighted by molar-refractivity contribution is -0.134. The lowest BCUT2D eigenvalue weighted by atomic mass is 9.96. The van der Waals surface area contributed by atoms with Crippen molar-refractivity contribution in [1.29, 1.82) is 0 Å². The standard InChI is InChI=1S/C12H16N2O2S/c13-12(16)9-3-5-14(6-4-9)11(15)8-10-2-1-7-17-10/h1-2,7,9H,3-6,8H2,(H2,13,16). The van der Waals surface area contributed by atoms with Gasteiger partial charge in [-0.25, -0.2) is 0 Å². The number of rotatable bonds is 3. The van der Waals surface area contributed by atoms with Crippen molar-refractivity contribution in [3.63, 3.8) is 0 Å². The SMILES string of the molecule is NC(=O)C1CCN(C(=O)Cc2cccs2)CC1. The maximum atomic E-state index is 12.0. The van der Waals surface area contributed by atoms with Gasteiger partial charge in [0.15, 0.2) is 0 Å². The predicted octanol–water partition coefficient (Wildman–Crippen LogP) is 1.01. The molecule has 0 atom stereocenters. The van der Waals surface area contributed by atoms with Crippen molar-refractivity contribution < 1.29 is 9.59 Å². The Labute approximate surface area is 104 Å². The number of nitrogens with zero attached hydrogens (tertiary/aromatic N) is 1. The van der Waals surface area contributed by atoms with Crippen LogP contribution in [0.1, 0.15) is 17.7 Å². The third-order valence-electron chi connectivity index (χ3n) is 3.16. The molecule has 0 unspecified atom stereocenters. The van der Waals surface area contributed by atoms with Gasteiger partial charge in [-0.2, -0.15) is 0 Å². The van der Waals surface area contributed by atoms with Crippen LogP contribution in [0.5, 0.6) is 0 Å². The Kier molecular flexibility index (Phi) is 3.78. The fraction of sp³-hybridized carbons (Fsp3) is 0.500. The van der Waals surface area contributed by atoms with Gasteiger partial charge in [-0.1, -0.05) is 6.07 Å². The molecule has 0 aliphatic carbocycles. The van der Waals surface area contributed by atoms with Gasteiger partial charge in [-0.3, -0.25) is 9.59 Å². The van der Waals surface area contributed by atoms with E-state index >= 15 is 0 Å². The molecule has 1 saturated heterocycles. The van der Waals surface area contributed by atoms with Gasteiger partial charge in [0.05, 0.1) is 6.42 Å². The Bertz CT molecular complexity index is 395. The fourth-order valence-electron chi connectivity index (χ4n) is 2.09. The van der Waals surface area contributed by atoms with E-state index in [0.717, 1.165) is 4.88 Å². The van der Waals surface area contributed by atoms with Crippen LogP contribution in [0.4, 0.5) is 0 Å². The molecule has 0 spiro atoms. The lowest BCUT2D eigenvalue weighted by Crippen LogP contribution is -2.42. The van der Waals surface area contributed by atoms with E-state index in [1.54, 1.807) is 11.3 Å². The third kappa shape index (κ3) is 3.06. The van der Waals surface area contributed by atoms with E-state index in [0.29, 0.717) is 32.4 Å². The normalized spacial score (nSPS) is 17.1. The van der Waals surface area contributed by atoms with E-state index in [4.69, 9.17) is 5.73 Å². The summed E-state index contributed by atoms with van der Waals surface area (Å²) in [7, 11) is 0. The molecule has 92 valence electrons. The number of amides is 2. The zero-order chi connectivity index (χ0) is 12.3. The van der Waals surface area contributed by atoms with E-state index in [-0.39, 0.29) is 17.7 Å². The molecule has 1 fully saturated rings. The van der Waals surface area contributed by atoms with E-state index in [1.165, 1.54) is 0 Å². The topological polar surface area (TPSA) is 63.4 Å². The van der Waals surface area contributed by atoms with Gasteiger partial charge < -0.3 is 10.6 Å². The highest BCUT2D eigenvalue weighted by atomic mass is 32.1. The second-order valence-electron chi connectivity index (χ2n) is 4.31. The molecule has 0 radical (unpaired) electrons. The van der Waals surface area contributed by atoms with E-state index < -0.39 is 0 Å². The average Bonchev–Trinajstić information content (AvgIpc) is 2.82. The summed E-state index contributed by atoms with van der Waals surface area (Å²) in [6.45, 7) is 1.30. The quantitative estimate of drug-likeness (QED) is 0.872. The van der Waals surface area contributed by atoms with Crippen molar-refractivity contribution in [2.24, 2.45) is 11.7 Å². The molecule has 1 aromatic rings. The smallest absolute Gasteiger partial charge is 0.227 e. The first kappa shape index (κ1) is 12.1. The number of carbonyl (C=O) groups excluding carboxylic acids is 2. The molecule has 0 saturated carbocycles. The Balaban J connectivity index is 1.84. The molecular formula is C12H16N2O2S. The minimum atomic E-state index is -0.240. The number of nitrogens with two attached hydrogens (primary N) is 1. The van der Waals surface area contributed by atoms with Crippen LogP contribution in [-0.2, 0) is 16.0 Å². The maximum Gasteiger partial charge on any atom is 0.227 e. The number of piperidine rings is 1. The first-order valence-electron chi connectivity index (χ1n) is 5.76. The van der Waals surface area contributed by atoms with Crippen LogP contribution in [0.3, 0.4) is 0 Å². The minimum absolute atomic E-state index is 0.0548. The van der Waals surface area contributed by atoms with Crippen LogP contribution in [0.2, 0.25) is 0 Å². The average molecular weight is 252 g/mol. The summed E-state index contributed by atoms with van der Waals surface area (Å²) in [6, 6.07) is 3.92. The van der Waals surface area contributed by atoms with Gasteiger partial charge >= 0.3 is 0 Å². The number of likely N-dealkylation sites (tertiary alicyclic amines) is 1. The zero-order valence-corrected chi connectivity index (χ0v) is 10.4. The highest BCUT2D eigenvalue weighted by Gasteiger charge is 2.25. The second-order valence-corrected chi connectivity index (χ2v) is 5.35. The number of thiophene rings is 1. The van der Waals surface area contributed by atoms with Gasteiger partial charge in [0, 0.05) is 23.9 Å². The van der Waals surface area contributed by atoms with Gasteiger partial charge in [0.2, 0.25) is 11.8 Å². The largest absolute Gasteiger partial charge is 0.369 e. The van der Waals surface area contributed by atoms with Crippen molar-refractivity contribution in [3.8, 4) is 0 Å². The molecule has 2 heterocycles. The maximum absolute atomic E-state index is 12.0. The van der Waals surface area contributed by atoms with Crippen molar-refractivity contribution in [2.45, 2.75) is 19.3 Å². The molecule has 1 aromatic heterocycles. The number of primary amides is 1. The molecule has 4 nitrogen and oxygen atoms in total. The Morgan fingerprint density at radius 3 is 2.65 bits per heavy atom. The van der Waals surface area contributed by atoms with Crippen molar-refractivity contribution in [1.82, 2.24) is 4.90 Å². The summed E-state index contributed by atoms with van der Waals surface area (Å²) in [6.07, 6.45) is 1.87. The molecule has 1 aliphatic rings. The van der Waals surface area contributed by atoms with Crippen LogP contribution >= 0.6 is 11.3 Å². The van der Waals surface area contributed by atoms with Crippen LogP contribution in [0.25, 0.3) is 0 Å². The molecular weight excluding hydrogens is 236 g/mol. The summed E-state index contributed by atoms with van der Waals surface area (Å²) < 4.78 is 0. The molecule has 2 rings (SSSR count). The van der Waals surface area contributed by atoms with E-state index in [1.807, 2.05) is 22.4 Å². The molecule has 5 heteroatoms. The van der Waals surface area contributed by atoms with Crippen molar-refractivity contribution >= 4 is 23.2 Å². The van der Waals surface area contributed by atoms with Crippen molar-refractivity contribution in [3.05, 3.63) is 22.4 Å². The molecule has 17 heavy (non-hydrogen) atoms. The first-order valence-corrected chi connectivity index (χ1v) is 6.64. The summed E-state index contributed by atoms with van der Waals surface area (Å²) in [5.74, 6) is -0.147. The van der Waals surface area contributed by atoms with Crippen molar-refractivity contribution in [2.75, 3.05) is 13.1 Å². The summed E-state index contributed by atoms with van der Waals surface area (Å²) >= 11 is 1.60. The summed E-state index contributed by atoms with van der Waals surface area (Å²) in [5, 5.41) is 1.97. The summed E-state index contributed by atoms with van der Waals surface area (Å²) in [4.78, 5) is 25.9. The number of hydrogen-bond acceptors (Lipinski definition) is 3. The molecule has 0 bridgehead atoms. The lowest BCUT2D eigenvalue weighted by Gasteiger charge is -2.30. The first-order chi connectivity index (χ1) is 8.16. The van der Waals surface area contributed by atoms with E-state index in [2.05, 4.69) is 0 Å². The minimum Gasteiger partial charge on any atom is -0.369 e. The van der Waals surface area contributed by atoms with E-state index in [9.17, 15) is 9.59 Å². The monoisotopic (exact) mass is 252 g/mol. The van der Waals surface area contributed by atoms with Gasteiger partial charge in [-0.15, -0.1) is 11.3 Å². The fourth-order valence-corrected chi connectivity index (χ4v) is 2.78. The second kappa shape index (κ2) is 5.31. The number of hydrogen-bond donors (Lipinski definition) is 1. The van der Waals surface area contributed by atoms with Gasteiger partial charge in [0.1, 0.15) is 0 Å². The highest BCUT2D eigenvalue weighted by molar-refractivity contribution is 7.10. The van der Waals surface area contributed by atoms with Gasteiger partial charge in [0.25, 0.3) is 0 Å². The van der Waals surface area contributed by atoms with Crippen LogP contribution in [0.15, 0.2) is 17.5 Å². The Hall–Kier alpha value is -1.36. The molecule has 2 N–H and O–H groups in total. The van der Waals surface area contributed by atoms with Crippen LogP contribution in [-0.4, -0.2) is 29.8 Å². The molecule has 0 aromatic carbocycles. The zero-order valence-electron chi connectivity index (χ0n) is 9.59. The van der Waals surface area contributed by atoms with Crippen LogP contribution in [0, 0.1) is 5.92 Å². The predicted molar refractivity (Wildman–Crippen MR) is 66.5 cm³/mol. The Morgan fingerprint density at radius 2 is 2.12 bits per heavy atom. The molecule has 2 amide bonds. The van der Waals surface area contributed by atoms with Crippen LogP contribution < -0.4 is 5.73 Å². The van der Waals surface area contributed by atoms with Gasteiger partial charge in [-0.05, 0) is 24.3 Å². The molecule has 1 aliphatic heterocycles. The highest BCUT2D eigenvalue weighted by Crippen LogP contribution is 2.18. The third-order valence-corrected chi connectivity index (χ3v) is 4.03. The number of carbonyl (C=O) groups is 2. The Morgan fingerprint density at radius 1 is 1.41 bits per heavy atom. The summed E-state index contributed by atoms with van der Waals surface area (Å²) in [5.41, 5.74) is 5.26.